The van der Waals surface area contributed by atoms with Crippen LogP contribution in [0.1, 0.15) is 10.4 Å². The van der Waals surface area contributed by atoms with Crippen LogP contribution in [0.15, 0.2) is 40.9 Å². The predicted octanol–water partition coefficient (Wildman–Crippen LogP) is 4.56. The van der Waals surface area contributed by atoms with E-state index >= 15 is 0 Å². The number of benzene rings is 2. The number of rotatable bonds is 5. The van der Waals surface area contributed by atoms with Crippen LogP contribution in [0.3, 0.4) is 0 Å². The van der Waals surface area contributed by atoms with Crippen LogP contribution in [0, 0.1) is 0 Å². The molecule has 2 rings (SSSR count). The highest BCUT2D eigenvalue weighted by molar-refractivity contribution is 9.10. The van der Waals surface area contributed by atoms with E-state index in [0.717, 1.165) is 0 Å². The fourth-order valence-corrected chi connectivity index (χ4v) is 3.24. The number of para-hydroxylation sites is 1. The highest BCUT2D eigenvalue weighted by atomic mass is 79.9. The number of esters is 1. The molecule has 0 radical (unpaired) electrons. The van der Waals surface area contributed by atoms with Crippen molar-refractivity contribution in [1.29, 1.82) is 0 Å². The van der Waals surface area contributed by atoms with Crippen LogP contribution in [-0.2, 0) is 9.53 Å². The third-order valence-electron chi connectivity index (χ3n) is 2.92. The fourth-order valence-electron chi connectivity index (χ4n) is 1.87. The minimum Gasteiger partial charge on any atom is -0.481 e. The molecule has 24 heavy (non-hydrogen) atoms. The molecule has 0 aliphatic rings. The van der Waals surface area contributed by atoms with Gasteiger partial charge in [0.2, 0.25) is 0 Å². The smallest absolute Gasteiger partial charge is 0.339 e. The molecule has 0 fully saturated rings. The van der Waals surface area contributed by atoms with Gasteiger partial charge in [-0.05, 0) is 40.2 Å². The molecule has 2 aromatic rings. The Kier molecular flexibility index (Phi) is 6.48. The standard InChI is InChI=1S/C16H12BrCl2NO4/c1-23-16(22)10-4-2-3-5-13(10)20-14(21)8-24-15-11(17)6-9(18)7-12(15)19/h2-7H,8H2,1H3,(H,20,21). The lowest BCUT2D eigenvalue weighted by Gasteiger charge is -2.12. The van der Waals surface area contributed by atoms with Crippen molar-refractivity contribution in [1.82, 2.24) is 0 Å². The Bertz CT molecular complexity index is 759. The molecule has 0 bridgehead atoms. The summed E-state index contributed by atoms with van der Waals surface area (Å²) < 4.78 is 10.6. The molecular weight excluding hydrogens is 421 g/mol. The van der Waals surface area contributed by atoms with E-state index in [1.165, 1.54) is 13.2 Å². The maximum Gasteiger partial charge on any atom is 0.339 e. The van der Waals surface area contributed by atoms with Gasteiger partial charge in [0.15, 0.2) is 12.4 Å². The van der Waals surface area contributed by atoms with E-state index in [4.69, 9.17) is 27.9 Å². The summed E-state index contributed by atoms with van der Waals surface area (Å²) >= 11 is 15.2. The van der Waals surface area contributed by atoms with E-state index < -0.39 is 11.9 Å². The molecule has 0 saturated heterocycles. The Balaban J connectivity index is 2.06. The van der Waals surface area contributed by atoms with Crippen molar-refractivity contribution in [2.24, 2.45) is 0 Å². The third-order valence-corrected chi connectivity index (χ3v) is 4.01. The van der Waals surface area contributed by atoms with E-state index in [0.29, 0.717) is 20.9 Å². The molecule has 126 valence electrons. The molecule has 0 atom stereocenters. The molecule has 1 N–H and O–H groups in total. The van der Waals surface area contributed by atoms with Gasteiger partial charge in [0.25, 0.3) is 5.91 Å². The van der Waals surface area contributed by atoms with Gasteiger partial charge in [-0.25, -0.2) is 4.79 Å². The number of methoxy groups -OCH3 is 1. The van der Waals surface area contributed by atoms with Crippen LogP contribution >= 0.6 is 39.1 Å². The number of carbonyl (C=O) groups excluding carboxylic acids is 2. The van der Waals surface area contributed by atoms with Crippen LogP contribution < -0.4 is 10.1 Å². The van der Waals surface area contributed by atoms with Gasteiger partial charge >= 0.3 is 5.97 Å². The number of carbonyl (C=O) groups is 2. The summed E-state index contributed by atoms with van der Waals surface area (Å²) in [4.78, 5) is 23.7. The fraction of sp³-hybridized carbons (Fsp3) is 0.125. The summed E-state index contributed by atoms with van der Waals surface area (Å²) in [7, 11) is 1.27. The molecule has 0 heterocycles. The second kappa shape index (κ2) is 8.37. The summed E-state index contributed by atoms with van der Waals surface area (Å²) in [6, 6.07) is 9.61. The van der Waals surface area contributed by atoms with E-state index in [9.17, 15) is 9.59 Å². The van der Waals surface area contributed by atoms with Crippen molar-refractivity contribution in [2.45, 2.75) is 0 Å². The molecule has 0 aliphatic carbocycles. The maximum atomic E-state index is 12.1. The number of ether oxygens (including phenoxy) is 2. The normalized spacial score (nSPS) is 10.2. The van der Waals surface area contributed by atoms with Crippen molar-refractivity contribution >= 4 is 56.7 Å². The Morgan fingerprint density at radius 1 is 1.21 bits per heavy atom. The second-order valence-electron chi connectivity index (χ2n) is 4.57. The van der Waals surface area contributed by atoms with Crippen LogP contribution in [-0.4, -0.2) is 25.6 Å². The third kappa shape index (κ3) is 4.63. The minimum atomic E-state index is -0.546. The lowest BCUT2D eigenvalue weighted by molar-refractivity contribution is -0.118. The maximum absolute atomic E-state index is 12.1. The van der Waals surface area contributed by atoms with E-state index in [2.05, 4.69) is 26.0 Å². The summed E-state index contributed by atoms with van der Waals surface area (Å²) in [6.45, 7) is -0.296. The van der Waals surface area contributed by atoms with Gasteiger partial charge in [-0.2, -0.15) is 0 Å². The first-order valence-corrected chi connectivity index (χ1v) is 8.21. The monoisotopic (exact) mass is 431 g/mol. The Labute approximate surface area is 157 Å². The first-order valence-electron chi connectivity index (χ1n) is 6.67. The first kappa shape index (κ1) is 18.6. The van der Waals surface area contributed by atoms with Crippen molar-refractivity contribution in [3.8, 4) is 5.75 Å². The van der Waals surface area contributed by atoms with Crippen LogP contribution in [0.5, 0.6) is 5.75 Å². The van der Waals surface area contributed by atoms with Crippen molar-refractivity contribution in [2.75, 3.05) is 19.0 Å². The molecule has 8 heteroatoms. The van der Waals surface area contributed by atoms with Crippen LogP contribution in [0.25, 0.3) is 0 Å². The van der Waals surface area contributed by atoms with Gasteiger partial charge in [0, 0.05) is 5.02 Å². The molecule has 5 nitrogen and oxygen atoms in total. The molecule has 0 unspecified atom stereocenters. The van der Waals surface area contributed by atoms with Crippen molar-refractivity contribution in [3.05, 3.63) is 56.5 Å². The number of hydrogen-bond acceptors (Lipinski definition) is 4. The molecule has 0 aliphatic heterocycles. The molecule has 0 spiro atoms. The number of hydrogen-bond donors (Lipinski definition) is 1. The summed E-state index contributed by atoms with van der Waals surface area (Å²) in [5, 5.41) is 3.31. The summed E-state index contributed by atoms with van der Waals surface area (Å²) in [6.07, 6.45) is 0. The average Bonchev–Trinajstić information content (AvgIpc) is 2.53. The number of halogens is 3. The zero-order valence-corrected chi connectivity index (χ0v) is 15.5. The zero-order chi connectivity index (χ0) is 17.7. The van der Waals surface area contributed by atoms with Crippen LogP contribution in [0.2, 0.25) is 10.0 Å². The van der Waals surface area contributed by atoms with Crippen molar-refractivity contribution < 1.29 is 19.1 Å². The SMILES string of the molecule is COC(=O)c1ccccc1NC(=O)COc1c(Cl)cc(Cl)cc1Br. The van der Waals surface area contributed by atoms with E-state index in [1.807, 2.05) is 0 Å². The Morgan fingerprint density at radius 2 is 1.92 bits per heavy atom. The van der Waals surface area contributed by atoms with E-state index in [1.54, 1.807) is 30.3 Å². The van der Waals surface area contributed by atoms with Gasteiger partial charge in [-0.15, -0.1) is 0 Å². The van der Waals surface area contributed by atoms with Gasteiger partial charge in [-0.3, -0.25) is 4.79 Å². The second-order valence-corrected chi connectivity index (χ2v) is 6.27. The lowest BCUT2D eigenvalue weighted by atomic mass is 10.2. The van der Waals surface area contributed by atoms with Gasteiger partial charge in [-0.1, -0.05) is 35.3 Å². The first-order chi connectivity index (χ1) is 11.4. The lowest BCUT2D eigenvalue weighted by Crippen LogP contribution is -2.22. The highest BCUT2D eigenvalue weighted by Crippen LogP contribution is 2.36. The zero-order valence-electron chi connectivity index (χ0n) is 12.4. The molecule has 1 amide bonds. The topological polar surface area (TPSA) is 64.6 Å². The van der Waals surface area contributed by atoms with Crippen LogP contribution in [0.4, 0.5) is 5.69 Å². The number of anilines is 1. The van der Waals surface area contributed by atoms with Crippen molar-refractivity contribution in [3.63, 3.8) is 0 Å². The largest absolute Gasteiger partial charge is 0.481 e. The highest BCUT2D eigenvalue weighted by Gasteiger charge is 2.15. The summed E-state index contributed by atoms with van der Waals surface area (Å²) in [5.41, 5.74) is 0.582. The Hall–Kier alpha value is -1.76. The van der Waals surface area contributed by atoms with Gasteiger partial charge in [0.1, 0.15) is 0 Å². The minimum absolute atomic E-state index is 0.249. The van der Waals surface area contributed by atoms with Gasteiger partial charge in [0.05, 0.1) is 27.9 Å². The van der Waals surface area contributed by atoms with Gasteiger partial charge < -0.3 is 14.8 Å². The molecule has 0 aromatic heterocycles. The average molecular weight is 433 g/mol. The molecule has 2 aromatic carbocycles. The Morgan fingerprint density at radius 3 is 2.58 bits per heavy atom. The summed E-state index contributed by atoms with van der Waals surface area (Å²) in [5.74, 6) is -0.697. The quantitative estimate of drug-likeness (QED) is 0.703. The predicted molar refractivity (Wildman–Crippen MR) is 96.1 cm³/mol. The number of amides is 1. The molecular formula is C16H12BrCl2NO4. The number of nitrogens with one attached hydrogen (secondary N) is 1. The van der Waals surface area contributed by atoms with E-state index in [-0.39, 0.29) is 17.2 Å². The molecule has 0 saturated carbocycles.